The molecule has 2 amide bonds. The molecule has 2 fully saturated rings. The van der Waals surface area contributed by atoms with E-state index >= 15 is 0 Å². The van der Waals surface area contributed by atoms with Crippen LogP contribution in [0, 0.1) is 0 Å². The molecule has 1 spiro atoms. The number of fused-ring (bicyclic) bond motifs is 1. The number of ether oxygens (including phenoxy) is 1. The van der Waals surface area contributed by atoms with E-state index in [9.17, 15) is 9.59 Å². The summed E-state index contributed by atoms with van der Waals surface area (Å²) in [5, 5.41) is 0. The third kappa shape index (κ3) is 3.30. The van der Waals surface area contributed by atoms with Crippen molar-refractivity contribution >= 4 is 12.0 Å². The number of nitrogens with zero attached hydrogens (tertiary/aromatic N) is 3. The fourth-order valence-electron chi connectivity index (χ4n) is 4.34. The predicted molar refractivity (Wildman–Crippen MR) is 97.7 cm³/mol. The first-order chi connectivity index (χ1) is 12.6. The Morgan fingerprint density at radius 2 is 1.88 bits per heavy atom. The van der Waals surface area contributed by atoms with Gasteiger partial charge in [-0.2, -0.15) is 0 Å². The van der Waals surface area contributed by atoms with Crippen LogP contribution in [0.15, 0.2) is 24.3 Å². The smallest absolute Gasteiger partial charge is 0.410 e. The first-order valence-corrected chi connectivity index (χ1v) is 9.63. The molecule has 3 heterocycles. The van der Waals surface area contributed by atoms with Crippen molar-refractivity contribution in [2.24, 2.45) is 0 Å². The number of likely N-dealkylation sites (tertiary alicyclic amines) is 1. The third-order valence-corrected chi connectivity index (χ3v) is 6.02. The van der Waals surface area contributed by atoms with Gasteiger partial charge >= 0.3 is 6.09 Å². The molecule has 0 bridgehead atoms. The topological polar surface area (TPSA) is 53.1 Å². The quantitative estimate of drug-likeness (QED) is 0.829. The lowest BCUT2D eigenvalue weighted by molar-refractivity contribution is -0.136. The van der Waals surface area contributed by atoms with Crippen molar-refractivity contribution < 1.29 is 14.3 Å². The number of hydrogen-bond acceptors (Lipinski definition) is 4. The van der Waals surface area contributed by atoms with Crippen LogP contribution in [0.4, 0.5) is 4.79 Å². The number of piperidine rings is 1. The van der Waals surface area contributed by atoms with E-state index in [1.807, 2.05) is 11.8 Å². The van der Waals surface area contributed by atoms with Crippen molar-refractivity contribution in [3.63, 3.8) is 0 Å². The molecule has 6 heteroatoms. The summed E-state index contributed by atoms with van der Waals surface area (Å²) in [6, 6.07) is 8.49. The highest BCUT2D eigenvalue weighted by molar-refractivity contribution is 5.78. The molecular weight excluding hydrogens is 330 g/mol. The summed E-state index contributed by atoms with van der Waals surface area (Å²) in [7, 11) is 0. The van der Waals surface area contributed by atoms with E-state index in [2.05, 4.69) is 29.2 Å². The monoisotopic (exact) mass is 357 g/mol. The van der Waals surface area contributed by atoms with E-state index in [1.54, 1.807) is 4.90 Å². The molecule has 0 aliphatic carbocycles. The standard InChI is InChI=1S/C20H27N3O3/c1-2-22-15-20(26-19(22)25)8-11-23(12-9-20)18(24)14-21-10-7-16-5-3-4-6-17(16)13-21/h3-6H,2,7-15H2,1H3. The van der Waals surface area contributed by atoms with Crippen LogP contribution in [-0.4, -0.2) is 71.6 Å². The van der Waals surface area contributed by atoms with Gasteiger partial charge in [-0.1, -0.05) is 24.3 Å². The third-order valence-electron chi connectivity index (χ3n) is 6.02. The molecule has 0 saturated carbocycles. The number of likely N-dealkylation sites (N-methyl/N-ethyl adjacent to an activating group) is 1. The van der Waals surface area contributed by atoms with Crippen LogP contribution in [0.25, 0.3) is 0 Å². The Balaban J connectivity index is 1.30. The molecule has 0 atom stereocenters. The van der Waals surface area contributed by atoms with Crippen molar-refractivity contribution in [3.05, 3.63) is 35.4 Å². The van der Waals surface area contributed by atoms with Gasteiger partial charge in [0, 0.05) is 45.6 Å². The first-order valence-electron chi connectivity index (χ1n) is 9.63. The van der Waals surface area contributed by atoms with Crippen molar-refractivity contribution in [2.45, 2.75) is 38.3 Å². The van der Waals surface area contributed by atoms with E-state index < -0.39 is 0 Å². The maximum Gasteiger partial charge on any atom is 0.410 e. The molecule has 0 radical (unpaired) electrons. The SMILES string of the molecule is CCN1CC2(CCN(C(=O)CN3CCc4ccccc4C3)CC2)OC1=O. The second kappa shape index (κ2) is 6.91. The molecule has 0 unspecified atom stereocenters. The Morgan fingerprint density at radius 1 is 1.15 bits per heavy atom. The van der Waals surface area contributed by atoms with E-state index in [0.29, 0.717) is 32.7 Å². The molecule has 3 aliphatic heterocycles. The Morgan fingerprint density at radius 3 is 2.58 bits per heavy atom. The van der Waals surface area contributed by atoms with Gasteiger partial charge in [0.2, 0.25) is 5.91 Å². The number of benzene rings is 1. The van der Waals surface area contributed by atoms with E-state index in [0.717, 1.165) is 32.4 Å². The van der Waals surface area contributed by atoms with Crippen LogP contribution in [0.5, 0.6) is 0 Å². The summed E-state index contributed by atoms with van der Waals surface area (Å²) in [6.45, 7) is 6.92. The Bertz CT molecular complexity index is 697. The number of amides is 2. The average Bonchev–Trinajstić information content (AvgIpc) is 2.97. The normalized spacial score (nSPS) is 22.4. The van der Waals surface area contributed by atoms with Crippen LogP contribution in [0.3, 0.4) is 0 Å². The second-order valence-corrected chi connectivity index (χ2v) is 7.68. The Hall–Kier alpha value is -2.08. The second-order valence-electron chi connectivity index (χ2n) is 7.68. The fourth-order valence-corrected chi connectivity index (χ4v) is 4.34. The number of carbonyl (C=O) groups excluding carboxylic acids is 2. The molecular formula is C20H27N3O3. The van der Waals surface area contributed by atoms with Crippen LogP contribution < -0.4 is 0 Å². The largest absolute Gasteiger partial charge is 0.441 e. The van der Waals surface area contributed by atoms with Crippen molar-refractivity contribution in [3.8, 4) is 0 Å². The Kier molecular flexibility index (Phi) is 4.61. The molecule has 0 N–H and O–H groups in total. The highest BCUT2D eigenvalue weighted by Gasteiger charge is 2.47. The van der Waals surface area contributed by atoms with Crippen molar-refractivity contribution in [1.29, 1.82) is 0 Å². The van der Waals surface area contributed by atoms with Gasteiger partial charge in [-0.15, -0.1) is 0 Å². The zero-order valence-corrected chi connectivity index (χ0v) is 15.4. The highest BCUT2D eigenvalue weighted by Crippen LogP contribution is 2.33. The van der Waals surface area contributed by atoms with Gasteiger partial charge in [-0.25, -0.2) is 4.79 Å². The van der Waals surface area contributed by atoms with Crippen LogP contribution in [0.2, 0.25) is 0 Å². The molecule has 2 saturated heterocycles. The zero-order chi connectivity index (χ0) is 18.1. The highest BCUT2D eigenvalue weighted by atomic mass is 16.6. The van der Waals surface area contributed by atoms with Crippen LogP contribution in [0.1, 0.15) is 30.9 Å². The number of hydrogen-bond donors (Lipinski definition) is 0. The zero-order valence-electron chi connectivity index (χ0n) is 15.4. The summed E-state index contributed by atoms with van der Waals surface area (Å²) >= 11 is 0. The minimum Gasteiger partial charge on any atom is -0.441 e. The van der Waals surface area contributed by atoms with Gasteiger partial charge < -0.3 is 14.5 Å². The average molecular weight is 357 g/mol. The fraction of sp³-hybridized carbons (Fsp3) is 0.600. The molecule has 3 aliphatic rings. The molecule has 6 nitrogen and oxygen atoms in total. The summed E-state index contributed by atoms with van der Waals surface area (Å²) in [5.41, 5.74) is 2.36. The molecule has 140 valence electrons. The van der Waals surface area contributed by atoms with Crippen molar-refractivity contribution in [1.82, 2.24) is 14.7 Å². The minimum absolute atomic E-state index is 0.191. The predicted octanol–water partition coefficient (Wildman–Crippen LogP) is 1.88. The molecule has 0 aromatic heterocycles. The summed E-state index contributed by atoms with van der Waals surface area (Å²) in [4.78, 5) is 30.5. The van der Waals surface area contributed by atoms with Gasteiger partial charge in [0.15, 0.2) is 0 Å². The summed E-state index contributed by atoms with van der Waals surface area (Å²) in [5.74, 6) is 0.191. The van der Waals surface area contributed by atoms with Crippen LogP contribution in [-0.2, 0) is 22.5 Å². The van der Waals surface area contributed by atoms with Gasteiger partial charge in [-0.3, -0.25) is 9.69 Å². The lowest BCUT2D eigenvalue weighted by Gasteiger charge is -2.38. The van der Waals surface area contributed by atoms with Crippen LogP contribution >= 0.6 is 0 Å². The molecule has 4 rings (SSSR count). The molecule has 1 aromatic carbocycles. The van der Waals surface area contributed by atoms with Gasteiger partial charge in [0.25, 0.3) is 0 Å². The van der Waals surface area contributed by atoms with Gasteiger partial charge in [-0.05, 0) is 24.5 Å². The summed E-state index contributed by atoms with van der Waals surface area (Å²) in [6.07, 6.45) is 2.28. The van der Waals surface area contributed by atoms with Gasteiger partial charge in [0.05, 0.1) is 13.1 Å². The lowest BCUT2D eigenvalue weighted by Crippen LogP contribution is -2.51. The van der Waals surface area contributed by atoms with Crippen molar-refractivity contribution in [2.75, 3.05) is 39.3 Å². The summed E-state index contributed by atoms with van der Waals surface area (Å²) < 4.78 is 5.65. The Labute approximate surface area is 154 Å². The van der Waals surface area contributed by atoms with E-state index in [1.165, 1.54) is 11.1 Å². The maximum absolute atomic E-state index is 12.7. The number of rotatable bonds is 3. The maximum atomic E-state index is 12.7. The lowest BCUT2D eigenvalue weighted by atomic mass is 9.91. The molecule has 26 heavy (non-hydrogen) atoms. The minimum atomic E-state index is -0.381. The van der Waals surface area contributed by atoms with E-state index in [4.69, 9.17) is 4.74 Å². The van der Waals surface area contributed by atoms with E-state index in [-0.39, 0.29) is 17.6 Å². The van der Waals surface area contributed by atoms with Gasteiger partial charge in [0.1, 0.15) is 5.60 Å². The number of carbonyl (C=O) groups is 2. The first kappa shape index (κ1) is 17.3. The molecule has 1 aromatic rings.